The van der Waals surface area contributed by atoms with Gasteiger partial charge in [0.15, 0.2) is 0 Å². The summed E-state index contributed by atoms with van der Waals surface area (Å²) < 4.78 is 0. The van der Waals surface area contributed by atoms with E-state index in [1.807, 2.05) is 0 Å². The third-order valence-electron chi connectivity index (χ3n) is 3.88. The molecule has 0 amide bonds. The van der Waals surface area contributed by atoms with Crippen molar-refractivity contribution in [3.63, 3.8) is 0 Å². The molecule has 1 aliphatic heterocycles. The maximum Gasteiger partial charge on any atom is 0.0167 e. The van der Waals surface area contributed by atoms with E-state index in [2.05, 4.69) is 67.4 Å². The van der Waals surface area contributed by atoms with E-state index in [1.54, 1.807) is 0 Å². The van der Waals surface area contributed by atoms with E-state index in [0.29, 0.717) is 0 Å². The largest absolute Gasteiger partial charge is 0.315 e. The highest BCUT2D eigenvalue weighted by molar-refractivity contribution is 5.50. The van der Waals surface area contributed by atoms with Crippen molar-refractivity contribution in [2.75, 3.05) is 32.7 Å². The summed E-state index contributed by atoms with van der Waals surface area (Å²) in [5.74, 6) is 0. The molecule has 0 atom stereocenters. The molecule has 1 fully saturated rings. The van der Waals surface area contributed by atoms with Crippen molar-refractivity contribution in [1.29, 1.82) is 0 Å². The molecule has 0 aliphatic carbocycles. The van der Waals surface area contributed by atoms with Gasteiger partial charge in [0.1, 0.15) is 0 Å². The molecule has 110 valence electrons. The fraction of sp³-hybridized carbons (Fsp3) is 0.556. The Morgan fingerprint density at radius 3 is 2.55 bits per heavy atom. The maximum absolute atomic E-state index is 3.44. The lowest BCUT2D eigenvalue weighted by molar-refractivity contribution is 0.324. The Balaban J connectivity index is 1.87. The third-order valence-corrected chi connectivity index (χ3v) is 3.88. The van der Waals surface area contributed by atoms with Crippen LogP contribution in [-0.2, 0) is 5.41 Å². The molecule has 2 nitrogen and oxygen atoms in total. The molecule has 0 aromatic heterocycles. The highest BCUT2D eigenvalue weighted by Gasteiger charge is 2.12. The average Bonchev–Trinajstić information content (AvgIpc) is 2.67. The molecule has 0 spiro atoms. The molecule has 20 heavy (non-hydrogen) atoms. The van der Waals surface area contributed by atoms with Crippen LogP contribution in [0.1, 0.15) is 38.3 Å². The van der Waals surface area contributed by atoms with Crippen LogP contribution < -0.4 is 5.32 Å². The van der Waals surface area contributed by atoms with Gasteiger partial charge in [-0.1, -0.05) is 57.2 Å². The first kappa shape index (κ1) is 15.3. The molecular weight excluding hydrogens is 244 g/mol. The molecule has 0 unspecified atom stereocenters. The molecule has 1 aromatic carbocycles. The first-order valence-corrected chi connectivity index (χ1v) is 7.76. The lowest BCUT2D eigenvalue weighted by Crippen LogP contribution is -2.28. The number of hydrogen-bond donors (Lipinski definition) is 1. The fourth-order valence-electron chi connectivity index (χ4n) is 2.52. The minimum Gasteiger partial charge on any atom is -0.315 e. The van der Waals surface area contributed by atoms with Gasteiger partial charge in [-0.05, 0) is 36.1 Å². The lowest BCUT2D eigenvalue weighted by Gasteiger charge is -2.19. The Hall–Kier alpha value is -1.12. The summed E-state index contributed by atoms with van der Waals surface area (Å²) in [6.07, 6.45) is 5.79. The molecule has 0 bridgehead atoms. The molecule has 0 radical (unpaired) electrons. The van der Waals surface area contributed by atoms with Crippen molar-refractivity contribution < 1.29 is 0 Å². The van der Waals surface area contributed by atoms with Gasteiger partial charge in [0, 0.05) is 19.6 Å². The first-order chi connectivity index (χ1) is 9.55. The number of nitrogens with one attached hydrogen (secondary N) is 1. The Morgan fingerprint density at radius 2 is 1.85 bits per heavy atom. The summed E-state index contributed by atoms with van der Waals surface area (Å²) >= 11 is 0. The lowest BCUT2D eigenvalue weighted by atomic mass is 9.87. The van der Waals surface area contributed by atoms with Gasteiger partial charge in [-0.3, -0.25) is 4.90 Å². The van der Waals surface area contributed by atoms with Crippen molar-refractivity contribution in [3.05, 3.63) is 41.5 Å². The molecule has 2 rings (SSSR count). The standard InChI is InChI=1S/C18H28N2/c1-18(2,3)17-9-7-16(8-10-17)6-4-13-20-14-5-11-19-12-15-20/h4,6-10,19H,5,11-15H2,1-3H3/b6-4+. The minimum atomic E-state index is 0.237. The number of hydrogen-bond acceptors (Lipinski definition) is 2. The zero-order chi connectivity index (χ0) is 14.4. The van der Waals surface area contributed by atoms with Gasteiger partial charge in [0.2, 0.25) is 0 Å². The SMILES string of the molecule is CC(C)(C)c1ccc(/C=C/CN2CCCNCC2)cc1. The molecule has 1 aromatic rings. The number of benzene rings is 1. The van der Waals surface area contributed by atoms with Gasteiger partial charge < -0.3 is 5.32 Å². The Labute approximate surface area is 123 Å². The van der Waals surface area contributed by atoms with E-state index < -0.39 is 0 Å². The van der Waals surface area contributed by atoms with Gasteiger partial charge in [0.05, 0.1) is 0 Å². The van der Waals surface area contributed by atoms with Crippen LogP contribution >= 0.6 is 0 Å². The molecular formula is C18H28N2. The van der Waals surface area contributed by atoms with Crippen LogP contribution in [0.3, 0.4) is 0 Å². The molecule has 0 saturated carbocycles. The highest BCUT2D eigenvalue weighted by atomic mass is 15.1. The summed E-state index contributed by atoms with van der Waals surface area (Å²) in [7, 11) is 0. The molecule has 1 heterocycles. The first-order valence-electron chi connectivity index (χ1n) is 7.76. The Bertz CT molecular complexity index is 418. The predicted octanol–water partition coefficient (Wildman–Crippen LogP) is 3.29. The van der Waals surface area contributed by atoms with Crippen LogP contribution in [0.25, 0.3) is 6.08 Å². The van der Waals surface area contributed by atoms with Crippen LogP contribution in [-0.4, -0.2) is 37.6 Å². The Morgan fingerprint density at radius 1 is 1.10 bits per heavy atom. The van der Waals surface area contributed by atoms with Crippen LogP contribution in [0.2, 0.25) is 0 Å². The van der Waals surface area contributed by atoms with Crippen LogP contribution in [0, 0.1) is 0 Å². The van der Waals surface area contributed by atoms with Gasteiger partial charge in [0.25, 0.3) is 0 Å². The number of rotatable bonds is 3. The highest BCUT2D eigenvalue weighted by Crippen LogP contribution is 2.22. The molecule has 1 N–H and O–H groups in total. The van der Waals surface area contributed by atoms with E-state index in [9.17, 15) is 0 Å². The van der Waals surface area contributed by atoms with Crippen molar-refractivity contribution in [2.24, 2.45) is 0 Å². The fourth-order valence-corrected chi connectivity index (χ4v) is 2.52. The maximum atomic E-state index is 3.44. The molecule has 1 aliphatic rings. The van der Waals surface area contributed by atoms with Gasteiger partial charge >= 0.3 is 0 Å². The second-order valence-corrected chi connectivity index (χ2v) is 6.68. The summed E-state index contributed by atoms with van der Waals surface area (Å²) in [6, 6.07) is 8.94. The van der Waals surface area contributed by atoms with Crippen LogP contribution in [0.15, 0.2) is 30.3 Å². The smallest absolute Gasteiger partial charge is 0.0167 e. The quantitative estimate of drug-likeness (QED) is 0.908. The zero-order valence-electron chi connectivity index (χ0n) is 13.2. The summed E-state index contributed by atoms with van der Waals surface area (Å²) in [6.45, 7) is 12.5. The summed E-state index contributed by atoms with van der Waals surface area (Å²) in [5.41, 5.74) is 2.93. The van der Waals surface area contributed by atoms with E-state index in [0.717, 1.165) is 26.2 Å². The van der Waals surface area contributed by atoms with E-state index in [-0.39, 0.29) is 5.41 Å². The zero-order valence-corrected chi connectivity index (χ0v) is 13.2. The summed E-state index contributed by atoms with van der Waals surface area (Å²) in [4.78, 5) is 2.51. The van der Waals surface area contributed by atoms with Crippen LogP contribution in [0.4, 0.5) is 0 Å². The molecule has 2 heteroatoms. The minimum absolute atomic E-state index is 0.237. The van der Waals surface area contributed by atoms with Crippen LogP contribution in [0.5, 0.6) is 0 Å². The predicted molar refractivity (Wildman–Crippen MR) is 88.1 cm³/mol. The molecule has 1 saturated heterocycles. The normalized spacial score (nSPS) is 18.4. The second-order valence-electron chi connectivity index (χ2n) is 6.68. The van der Waals surface area contributed by atoms with Crippen molar-refractivity contribution >= 4 is 6.08 Å². The van der Waals surface area contributed by atoms with Crippen molar-refractivity contribution in [3.8, 4) is 0 Å². The van der Waals surface area contributed by atoms with Crippen molar-refractivity contribution in [2.45, 2.75) is 32.6 Å². The second kappa shape index (κ2) is 7.05. The average molecular weight is 272 g/mol. The van der Waals surface area contributed by atoms with Gasteiger partial charge in [-0.25, -0.2) is 0 Å². The van der Waals surface area contributed by atoms with Gasteiger partial charge in [-0.2, -0.15) is 0 Å². The summed E-state index contributed by atoms with van der Waals surface area (Å²) in [5, 5.41) is 3.44. The van der Waals surface area contributed by atoms with E-state index in [4.69, 9.17) is 0 Å². The monoisotopic (exact) mass is 272 g/mol. The van der Waals surface area contributed by atoms with Gasteiger partial charge in [-0.15, -0.1) is 0 Å². The van der Waals surface area contributed by atoms with E-state index in [1.165, 1.54) is 24.1 Å². The Kier molecular flexibility index (Phi) is 5.38. The van der Waals surface area contributed by atoms with Crippen molar-refractivity contribution in [1.82, 2.24) is 10.2 Å². The third kappa shape index (κ3) is 4.77. The van der Waals surface area contributed by atoms with E-state index >= 15 is 0 Å². The number of nitrogens with zero attached hydrogens (tertiary/aromatic N) is 1. The topological polar surface area (TPSA) is 15.3 Å².